The number of piperidine rings is 1. The van der Waals surface area contributed by atoms with Crippen LogP contribution in [0.5, 0.6) is 0 Å². The summed E-state index contributed by atoms with van der Waals surface area (Å²) in [6.07, 6.45) is 5.27. The topological polar surface area (TPSA) is 59.6 Å². The highest BCUT2D eigenvalue weighted by molar-refractivity contribution is 5.81. The number of ether oxygens (including phenoxy) is 2. The van der Waals surface area contributed by atoms with Crippen LogP contribution in [-0.4, -0.2) is 52.0 Å². The zero-order chi connectivity index (χ0) is 14.6. The Bertz CT molecular complexity index is 262. The lowest BCUT2D eigenvalue weighted by Gasteiger charge is -2.28. The van der Waals surface area contributed by atoms with Crippen molar-refractivity contribution in [3.63, 3.8) is 0 Å². The van der Waals surface area contributed by atoms with Crippen LogP contribution in [0.2, 0.25) is 0 Å². The molecule has 118 valence electrons. The van der Waals surface area contributed by atoms with Gasteiger partial charge in [0.25, 0.3) is 0 Å². The third-order valence-electron chi connectivity index (χ3n) is 3.85. The third kappa shape index (κ3) is 7.22. The summed E-state index contributed by atoms with van der Waals surface area (Å²) in [7, 11) is 1.67. The number of amides is 1. The number of hydrogen-bond donors (Lipinski definition) is 2. The van der Waals surface area contributed by atoms with Crippen molar-refractivity contribution in [2.45, 2.75) is 45.1 Å². The number of methoxy groups -OCH3 is 1. The Labute approximate surface area is 122 Å². The van der Waals surface area contributed by atoms with Gasteiger partial charge in [-0.1, -0.05) is 13.3 Å². The highest BCUT2D eigenvalue weighted by Crippen LogP contribution is 2.19. The molecule has 0 radical (unpaired) electrons. The first kappa shape index (κ1) is 17.4. The number of nitrogens with one attached hydrogen (secondary N) is 2. The molecule has 1 fully saturated rings. The summed E-state index contributed by atoms with van der Waals surface area (Å²) in [6.45, 7) is 5.93. The van der Waals surface area contributed by atoms with Crippen molar-refractivity contribution < 1.29 is 14.3 Å². The summed E-state index contributed by atoms with van der Waals surface area (Å²) >= 11 is 0. The Morgan fingerprint density at radius 3 is 2.90 bits per heavy atom. The van der Waals surface area contributed by atoms with Gasteiger partial charge in [0.1, 0.15) is 0 Å². The minimum Gasteiger partial charge on any atom is -0.382 e. The fraction of sp³-hybridized carbons (Fsp3) is 0.933. The average Bonchev–Trinajstić information content (AvgIpc) is 2.49. The molecule has 2 unspecified atom stereocenters. The first-order valence-electron chi connectivity index (χ1n) is 7.85. The van der Waals surface area contributed by atoms with E-state index in [-0.39, 0.29) is 11.9 Å². The molecule has 0 aromatic carbocycles. The summed E-state index contributed by atoms with van der Waals surface area (Å²) in [5.41, 5.74) is 0. The van der Waals surface area contributed by atoms with Crippen LogP contribution >= 0.6 is 0 Å². The Morgan fingerprint density at radius 2 is 2.15 bits per heavy atom. The van der Waals surface area contributed by atoms with E-state index < -0.39 is 0 Å². The molecular formula is C15H30N2O3. The molecule has 0 aliphatic carbocycles. The SMILES string of the molecule is CCC1CCNC(C(=O)NCCCCOCCOC)C1. The molecule has 0 aromatic rings. The van der Waals surface area contributed by atoms with Crippen LogP contribution in [0.3, 0.4) is 0 Å². The van der Waals surface area contributed by atoms with Gasteiger partial charge in [0, 0.05) is 20.3 Å². The number of rotatable bonds is 10. The van der Waals surface area contributed by atoms with Crippen LogP contribution in [0.25, 0.3) is 0 Å². The average molecular weight is 286 g/mol. The molecule has 0 spiro atoms. The first-order chi connectivity index (χ1) is 9.77. The van der Waals surface area contributed by atoms with Crippen LogP contribution < -0.4 is 10.6 Å². The summed E-state index contributed by atoms with van der Waals surface area (Å²) in [6, 6.07) is 0.00616. The van der Waals surface area contributed by atoms with Gasteiger partial charge in [0.15, 0.2) is 0 Å². The van der Waals surface area contributed by atoms with Gasteiger partial charge >= 0.3 is 0 Å². The van der Waals surface area contributed by atoms with Crippen LogP contribution in [0.15, 0.2) is 0 Å². The van der Waals surface area contributed by atoms with Crippen LogP contribution in [0.4, 0.5) is 0 Å². The van der Waals surface area contributed by atoms with E-state index in [0.29, 0.717) is 19.1 Å². The van der Waals surface area contributed by atoms with E-state index in [1.165, 1.54) is 12.8 Å². The number of carbonyl (C=O) groups excluding carboxylic acids is 1. The van der Waals surface area contributed by atoms with Crippen molar-refractivity contribution in [1.82, 2.24) is 10.6 Å². The summed E-state index contributed by atoms with van der Waals surface area (Å²) in [5, 5.41) is 6.33. The lowest BCUT2D eigenvalue weighted by atomic mass is 9.90. The van der Waals surface area contributed by atoms with Crippen molar-refractivity contribution in [1.29, 1.82) is 0 Å². The maximum atomic E-state index is 12.0. The van der Waals surface area contributed by atoms with Gasteiger partial charge in [-0.3, -0.25) is 4.79 Å². The van der Waals surface area contributed by atoms with Gasteiger partial charge in [0.05, 0.1) is 19.3 Å². The molecule has 1 aliphatic rings. The second-order valence-electron chi connectivity index (χ2n) is 5.41. The Hall–Kier alpha value is -0.650. The molecule has 0 bridgehead atoms. The number of hydrogen-bond acceptors (Lipinski definition) is 4. The van der Waals surface area contributed by atoms with Crippen LogP contribution in [0, 0.1) is 5.92 Å². The smallest absolute Gasteiger partial charge is 0.237 e. The molecule has 0 saturated carbocycles. The van der Waals surface area contributed by atoms with Crippen molar-refractivity contribution >= 4 is 5.91 Å². The van der Waals surface area contributed by atoms with Gasteiger partial charge < -0.3 is 20.1 Å². The zero-order valence-electron chi connectivity index (χ0n) is 13.0. The van der Waals surface area contributed by atoms with E-state index in [0.717, 1.165) is 39.0 Å². The molecule has 5 nitrogen and oxygen atoms in total. The summed E-state index contributed by atoms with van der Waals surface area (Å²) < 4.78 is 10.3. The Balaban J connectivity index is 1.99. The van der Waals surface area contributed by atoms with Crippen molar-refractivity contribution in [2.75, 3.05) is 40.0 Å². The molecule has 5 heteroatoms. The molecule has 1 heterocycles. The number of unbranched alkanes of at least 4 members (excludes halogenated alkanes) is 1. The van der Waals surface area contributed by atoms with Crippen molar-refractivity contribution in [3.05, 3.63) is 0 Å². The largest absolute Gasteiger partial charge is 0.382 e. The fourth-order valence-electron chi connectivity index (χ4n) is 2.47. The molecule has 2 atom stereocenters. The van der Waals surface area contributed by atoms with Gasteiger partial charge in [0.2, 0.25) is 5.91 Å². The predicted octanol–water partition coefficient (Wildman–Crippen LogP) is 1.32. The predicted molar refractivity (Wildman–Crippen MR) is 79.7 cm³/mol. The van der Waals surface area contributed by atoms with E-state index in [9.17, 15) is 4.79 Å². The molecular weight excluding hydrogens is 256 g/mol. The second kappa shape index (κ2) is 11.1. The summed E-state index contributed by atoms with van der Waals surface area (Å²) in [5.74, 6) is 0.852. The van der Waals surface area contributed by atoms with E-state index >= 15 is 0 Å². The van der Waals surface area contributed by atoms with Gasteiger partial charge in [-0.25, -0.2) is 0 Å². The number of carbonyl (C=O) groups is 1. The zero-order valence-corrected chi connectivity index (χ0v) is 13.0. The van der Waals surface area contributed by atoms with Crippen molar-refractivity contribution in [2.24, 2.45) is 5.92 Å². The molecule has 0 aromatic heterocycles. The third-order valence-corrected chi connectivity index (χ3v) is 3.85. The molecule has 2 N–H and O–H groups in total. The monoisotopic (exact) mass is 286 g/mol. The highest BCUT2D eigenvalue weighted by Gasteiger charge is 2.25. The highest BCUT2D eigenvalue weighted by atomic mass is 16.5. The van der Waals surface area contributed by atoms with E-state index in [2.05, 4.69) is 17.6 Å². The standard InChI is InChI=1S/C15H30N2O3/c1-3-13-6-8-16-14(12-13)15(18)17-7-4-5-9-20-11-10-19-2/h13-14,16H,3-12H2,1-2H3,(H,17,18). The van der Waals surface area contributed by atoms with E-state index in [1.54, 1.807) is 7.11 Å². The summed E-state index contributed by atoms with van der Waals surface area (Å²) in [4.78, 5) is 12.0. The van der Waals surface area contributed by atoms with E-state index in [1.807, 2.05) is 0 Å². The molecule has 20 heavy (non-hydrogen) atoms. The Kier molecular flexibility index (Phi) is 9.62. The van der Waals surface area contributed by atoms with Gasteiger partial charge in [-0.15, -0.1) is 0 Å². The van der Waals surface area contributed by atoms with Gasteiger partial charge in [-0.05, 0) is 38.1 Å². The van der Waals surface area contributed by atoms with Crippen LogP contribution in [-0.2, 0) is 14.3 Å². The molecule has 1 rings (SSSR count). The maximum Gasteiger partial charge on any atom is 0.237 e. The fourth-order valence-corrected chi connectivity index (χ4v) is 2.47. The molecule has 1 saturated heterocycles. The van der Waals surface area contributed by atoms with E-state index in [4.69, 9.17) is 9.47 Å². The first-order valence-corrected chi connectivity index (χ1v) is 7.85. The van der Waals surface area contributed by atoms with Gasteiger partial charge in [-0.2, -0.15) is 0 Å². The quantitative estimate of drug-likeness (QED) is 0.595. The lowest BCUT2D eigenvalue weighted by Crippen LogP contribution is -2.48. The lowest BCUT2D eigenvalue weighted by molar-refractivity contribution is -0.124. The second-order valence-corrected chi connectivity index (χ2v) is 5.41. The van der Waals surface area contributed by atoms with Crippen molar-refractivity contribution in [3.8, 4) is 0 Å². The minimum atomic E-state index is 0.00616. The Morgan fingerprint density at radius 1 is 1.30 bits per heavy atom. The molecule has 1 aliphatic heterocycles. The van der Waals surface area contributed by atoms with Crippen LogP contribution in [0.1, 0.15) is 39.0 Å². The maximum absolute atomic E-state index is 12.0. The minimum absolute atomic E-state index is 0.00616. The molecule has 1 amide bonds. The normalized spacial score (nSPS) is 22.7.